The molecule has 0 N–H and O–H groups in total. The number of thiophene rings is 1. The van der Waals surface area contributed by atoms with Crippen LogP contribution in [0.4, 0.5) is 0 Å². The van der Waals surface area contributed by atoms with Crippen molar-refractivity contribution in [2.45, 2.75) is 0 Å². The van der Waals surface area contributed by atoms with E-state index in [1.54, 1.807) is 0 Å². The largest absolute Gasteiger partial charge is 0.278 e. The molecule has 0 bridgehead atoms. The van der Waals surface area contributed by atoms with Crippen LogP contribution in [0.25, 0.3) is 81.8 Å². The molecule has 0 amide bonds. The first-order valence-corrected chi connectivity index (χ1v) is 15.4. The van der Waals surface area contributed by atoms with E-state index in [0.29, 0.717) is 17.6 Å². The minimum absolute atomic E-state index is 0.602. The Balaban J connectivity index is 1.34. The van der Waals surface area contributed by atoms with E-state index in [1.165, 1.54) is 30.9 Å². The van der Waals surface area contributed by atoms with Gasteiger partial charge in [-0.3, -0.25) is 4.57 Å². The summed E-state index contributed by atoms with van der Waals surface area (Å²) in [6, 6.07) is 50.7. The van der Waals surface area contributed by atoms with Crippen LogP contribution in [0.1, 0.15) is 0 Å². The van der Waals surface area contributed by atoms with Crippen molar-refractivity contribution in [3.8, 4) is 39.9 Å². The van der Waals surface area contributed by atoms with E-state index in [1.807, 2.05) is 35.6 Å². The van der Waals surface area contributed by atoms with Gasteiger partial charge in [0.05, 0.1) is 11.0 Å². The van der Waals surface area contributed by atoms with Gasteiger partial charge in [-0.25, -0.2) is 4.98 Å². The number of fused-ring (bicyclic) bond motifs is 7. The first-order chi connectivity index (χ1) is 21.8. The molecule has 9 aromatic rings. The van der Waals surface area contributed by atoms with Gasteiger partial charge >= 0.3 is 0 Å². The second kappa shape index (κ2) is 9.97. The standard InChI is InChI=1S/C39H24N4S/c1-3-12-25(13-4-1)27-16-11-17-28(24-27)38-40-37(26-14-5-2-6-15-26)41-39(42-38)43-32-20-9-7-19-31(32)35-33(43)23-22-30-29-18-8-10-21-34(29)44-36(30)35/h1-24H. The summed E-state index contributed by atoms with van der Waals surface area (Å²) in [5.74, 6) is 1.88. The second-order valence-corrected chi connectivity index (χ2v) is 11.9. The van der Waals surface area contributed by atoms with Gasteiger partial charge in [-0.05, 0) is 35.4 Å². The zero-order chi connectivity index (χ0) is 29.0. The lowest BCUT2D eigenvalue weighted by molar-refractivity contribution is 0.954. The SMILES string of the molecule is c1ccc(-c2cccc(-c3nc(-c4ccccc4)nc(-n4c5ccccc5c5c6sc7ccccc7c6ccc54)n3)c2)cc1. The van der Waals surface area contributed by atoms with Crippen LogP contribution in [-0.2, 0) is 0 Å². The molecule has 3 aromatic heterocycles. The number of para-hydroxylation sites is 1. The maximum Gasteiger partial charge on any atom is 0.238 e. The van der Waals surface area contributed by atoms with Crippen molar-refractivity contribution in [3.63, 3.8) is 0 Å². The van der Waals surface area contributed by atoms with Gasteiger partial charge < -0.3 is 0 Å². The topological polar surface area (TPSA) is 43.6 Å². The third-order valence-electron chi connectivity index (χ3n) is 8.26. The lowest BCUT2D eigenvalue weighted by Crippen LogP contribution is -2.06. The van der Waals surface area contributed by atoms with Crippen LogP contribution in [0.3, 0.4) is 0 Å². The maximum absolute atomic E-state index is 5.17. The minimum atomic E-state index is 0.602. The summed E-state index contributed by atoms with van der Waals surface area (Å²) in [5.41, 5.74) is 6.32. The van der Waals surface area contributed by atoms with Crippen molar-refractivity contribution in [3.05, 3.63) is 146 Å². The third-order valence-corrected chi connectivity index (χ3v) is 9.47. The Morgan fingerprint density at radius 1 is 0.432 bits per heavy atom. The van der Waals surface area contributed by atoms with Crippen molar-refractivity contribution in [2.75, 3.05) is 0 Å². The molecule has 0 atom stereocenters. The van der Waals surface area contributed by atoms with Crippen molar-refractivity contribution in [1.82, 2.24) is 19.5 Å². The fourth-order valence-corrected chi connectivity index (χ4v) is 7.49. The van der Waals surface area contributed by atoms with E-state index in [-0.39, 0.29) is 0 Å². The highest BCUT2D eigenvalue weighted by molar-refractivity contribution is 7.26. The Hall–Kier alpha value is -5.65. The molecular weight excluding hydrogens is 557 g/mol. The predicted molar refractivity (Wildman–Crippen MR) is 183 cm³/mol. The molecule has 0 saturated heterocycles. The molecule has 206 valence electrons. The number of rotatable bonds is 4. The van der Waals surface area contributed by atoms with Gasteiger partial charge in [-0.15, -0.1) is 11.3 Å². The lowest BCUT2D eigenvalue weighted by atomic mass is 10.0. The molecule has 0 radical (unpaired) electrons. The Bertz CT molecular complexity index is 2490. The van der Waals surface area contributed by atoms with Gasteiger partial charge in [0.15, 0.2) is 11.6 Å². The summed E-state index contributed by atoms with van der Waals surface area (Å²) < 4.78 is 4.78. The van der Waals surface area contributed by atoms with Crippen LogP contribution < -0.4 is 0 Å². The number of benzene rings is 6. The molecule has 3 heterocycles. The highest BCUT2D eigenvalue weighted by atomic mass is 32.1. The Kier molecular flexibility index (Phi) is 5.64. The molecule has 0 saturated carbocycles. The average molecular weight is 581 g/mol. The van der Waals surface area contributed by atoms with Gasteiger partial charge in [-0.2, -0.15) is 9.97 Å². The van der Waals surface area contributed by atoms with Crippen molar-refractivity contribution < 1.29 is 0 Å². The number of aromatic nitrogens is 4. The molecule has 4 nitrogen and oxygen atoms in total. The molecular formula is C39H24N4S. The monoisotopic (exact) mass is 580 g/mol. The maximum atomic E-state index is 5.17. The Morgan fingerprint density at radius 3 is 1.89 bits per heavy atom. The molecule has 6 aromatic carbocycles. The summed E-state index contributed by atoms with van der Waals surface area (Å²) in [4.78, 5) is 15.3. The van der Waals surface area contributed by atoms with E-state index in [9.17, 15) is 0 Å². The number of hydrogen-bond donors (Lipinski definition) is 0. The van der Waals surface area contributed by atoms with E-state index in [4.69, 9.17) is 15.0 Å². The minimum Gasteiger partial charge on any atom is -0.278 e. The Morgan fingerprint density at radius 2 is 1.07 bits per heavy atom. The van der Waals surface area contributed by atoms with Crippen LogP contribution in [-0.4, -0.2) is 19.5 Å². The quantitative estimate of drug-likeness (QED) is 0.208. The van der Waals surface area contributed by atoms with Gasteiger partial charge in [-0.1, -0.05) is 121 Å². The molecule has 44 heavy (non-hydrogen) atoms. The molecule has 0 fully saturated rings. The fraction of sp³-hybridized carbons (Fsp3) is 0. The molecule has 9 rings (SSSR count). The predicted octanol–water partition coefficient (Wildman–Crippen LogP) is 10.3. The van der Waals surface area contributed by atoms with Crippen LogP contribution in [0.15, 0.2) is 146 Å². The first-order valence-electron chi connectivity index (χ1n) is 14.6. The van der Waals surface area contributed by atoms with Gasteiger partial charge in [0, 0.05) is 42.1 Å². The molecule has 0 aliphatic rings. The molecule has 5 heteroatoms. The van der Waals surface area contributed by atoms with Crippen LogP contribution in [0.5, 0.6) is 0 Å². The van der Waals surface area contributed by atoms with E-state index in [0.717, 1.165) is 33.3 Å². The van der Waals surface area contributed by atoms with Gasteiger partial charge in [0.1, 0.15) is 0 Å². The molecule has 0 spiro atoms. The summed E-state index contributed by atoms with van der Waals surface area (Å²) in [7, 11) is 0. The van der Waals surface area contributed by atoms with Crippen molar-refractivity contribution >= 4 is 53.3 Å². The van der Waals surface area contributed by atoms with Gasteiger partial charge in [0.25, 0.3) is 0 Å². The first kappa shape index (κ1) is 24.9. The summed E-state index contributed by atoms with van der Waals surface area (Å²) in [6.45, 7) is 0. The fourth-order valence-electron chi connectivity index (χ4n) is 6.23. The van der Waals surface area contributed by atoms with E-state index >= 15 is 0 Å². The van der Waals surface area contributed by atoms with Gasteiger partial charge in [0.2, 0.25) is 5.95 Å². The Labute approximate surface area is 257 Å². The van der Waals surface area contributed by atoms with E-state index < -0.39 is 0 Å². The van der Waals surface area contributed by atoms with Crippen LogP contribution in [0.2, 0.25) is 0 Å². The number of hydrogen-bond acceptors (Lipinski definition) is 4. The summed E-state index contributed by atoms with van der Waals surface area (Å²) >= 11 is 1.85. The van der Waals surface area contributed by atoms with Crippen molar-refractivity contribution in [2.24, 2.45) is 0 Å². The second-order valence-electron chi connectivity index (χ2n) is 10.9. The third kappa shape index (κ3) is 3.94. The smallest absolute Gasteiger partial charge is 0.238 e. The zero-order valence-corrected chi connectivity index (χ0v) is 24.4. The molecule has 0 aliphatic heterocycles. The molecule has 0 unspecified atom stereocenters. The van der Waals surface area contributed by atoms with Crippen molar-refractivity contribution in [1.29, 1.82) is 0 Å². The highest BCUT2D eigenvalue weighted by Gasteiger charge is 2.20. The average Bonchev–Trinajstić information content (AvgIpc) is 3.65. The summed E-state index contributed by atoms with van der Waals surface area (Å²) in [6.07, 6.45) is 0. The zero-order valence-electron chi connectivity index (χ0n) is 23.6. The molecule has 0 aliphatic carbocycles. The normalized spacial score (nSPS) is 11.6. The van der Waals surface area contributed by atoms with Crippen LogP contribution >= 0.6 is 11.3 Å². The van der Waals surface area contributed by atoms with E-state index in [2.05, 4.69) is 126 Å². The lowest BCUT2D eigenvalue weighted by Gasteiger charge is -2.11. The number of nitrogens with zero attached hydrogens (tertiary/aromatic N) is 4. The highest BCUT2D eigenvalue weighted by Crippen LogP contribution is 2.43. The summed E-state index contributed by atoms with van der Waals surface area (Å²) in [5, 5.41) is 4.99. The van der Waals surface area contributed by atoms with Crippen LogP contribution in [0, 0.1) is 0 Å².